The van der Waals surface area contributed by atoms with Crippen LogP contribution < -0.4 is 5.01 Å². The van der Waals surface area contributed by atoms with Crippen LogP contribution in [0.5, 0.6) is 0 Å². The van der Waals surface area contributed by atoms with Crippen molar-refractivity contribution >= 4 is 0 Å². The predicted octanol–water partition coefficient (Wildman–Crippen LogP) is 2.01. The molecule has 2 fully saturated rings. The van der Waals surface area contributed by atoms with Crippen molar-refractivity contribution in [2.24, 2.45) is 0 Å². The number of quaternary nitrogens is 1. The van der Waals surface area contributed by atoms with Crippen molar-refractivity contribution in [1.29, 1.82) is 0 Å². The van der Waals surface area contributed by atoms with E-state index in [1.165, 1.54) is 64.3 Å². The highest BCUT2D eigenvalue weighted by atomic mass is 15.6. The van der Waals surface area contributed by atoms with E-state index in [-0.39, 0.29) is 0 Å². The van der Waals surface area contributed by atoms with Gasteiger partial charge in [0.2, 0.25) is 0 Å². The zero-order valence-corrected chi connectivity index (χ0v) is 11.2. The topological polar surface area (TPSA) is 7.68 Å². The van der Waals surface area contributed by atoms with Gasteiger partial charge in [-0.25, -0.2) is 0 Å². The van der Waals surface area contributed by atoms with E-state index in [0.29, 0.717) is 0 Å². The summed E-state index contributed by atoms with van der Waals surface area (Å²) >= 11 is 0. The summed E-state index contributed by atoms with van der Waals surface area (Å²) < 4.78 is 0. The standard InChI is InChI=1S/C14H28N2/c1-3-16(14-11-5-4-6-12-14)15(2)13-9-7-8-10-13/h13-14H,3-12H2,1-2H3/p+1. The Kier molecular flexibility index (Phi) is 4.66. The lowest BCUT2D eigenvalue weighted by molar-refractivity contribution is -1.04. The molecule has 0 aromatic rings. The first-order valence-electron chi connectivity index (χ1n) is 7.41. The summed E-state index contributed by atoms with van der Waals surface area (Å²) in [4.78, 5) is 0. The smallest absolute Gasteiger partial charge is 0.105 e. The van der Waals surface area contributed by atoms with E-state index >= 15 is 0 Å². The average Bonchev–Trinajstić information content (AvgIpc) is 2.85. The third kappa shape index (κ3) is 2.78. The lowest BCUT2D eigenvalue weighted by atomic mass is 9.95. The first kappa shape index (κ1) is 12.4. The van der Waals surface area contributed by atoms with Gasteiger partial charge in [0.15, 0.2) is 0 Å². The van der Waals surface area contributed by atoms with Crippen molar-refractivity contribution in [1.82, 2.24) is 5.01 Å². The van der Waals surface area contributed by atoms with Crippen LogP contribution in [-0.4, -0.2) is 30.7 Å². The summed E-state index contributed by atoms with van der Waals surface area (Å²) in [6, 6.07) is 1.79. The molecule has 2 saturated carbocycles. The first-order valence-corrected chi connectivity index (χ1v) is 7.41. The Morgan fingerprint density at radius 2 is 1.50 bits per heavy atom. The molecule has 2 aliphatic rings. The van der Waals surface area contributed by atoms with E-state index in [2.05, 4.69) is 19.0 Å². The fourth-order valence-corrected chi connectivity index (χ4v) is 3.79. The maximum Gasteiger partial charge on any atom is 0.105 e. The van der Waals surface area contributed by atoms with Crippen molar-refractivity contribution < 1.29 is 5.01 Å². The Hall–Kier alpha value is -0.0800. The minimum Gasteiger partial charge on any atom is -0.253 e. The summed E-state index contributed by atoms with van der Waals surface area (Å²) in [6.07, 6.45) is 13.1. The second kappa shape index (κ2) is 6.02. The lowest BCUT2D eigenvalue weighted by Crippen LogP contribution is -3.21. The van der Waals surface area contributed by atoms with E-state index in [1.807, 2.05) is 0 Å². The highest BCUT2D eigenvalue weighted by Crippen LogP contribution is 2.21. The van der Waals surface area contributed by atoms with Crippen LogP contribution >= 0.6 is 0 Å². The maximum absolute atomic E-state index is 2.67. The highest BCUT2D eigenvalue weighted by Gasteiger charge is 2.32. The van der Waals surface area contributed by atoms with Gasteiger partial charge in [0.05, 0.1) is 12.6 Å². The second-order valence-electron chi connectivity index (χ2n) is 5.73. The number of nitrogens with zero attached hydrogens (tertiary/aromatic N) is 1. The third-order valence-corrected chi connectivity index (χ3v) is 4.76. The minimum atomic E-state index is 0.872. The van der Waals surface area contributed by atoms with Gasteiger partial charge in [-0.15, -0.1) is 0 Å². The minimum absolute atomic E-state index is 0.872. The van der Waals surface area contributed by atoms with Gasteiger partial charge in [0.1, 0.15) is 6.04 Å². The molecule has 0 amide bonds. The van der Waals surface area contributed by atoms with Gasteiger partial charge in [-0.2, -0.15) is 5.01 Å². The summed E-state index contributed by atoms with van der Waals surface area (Å²) in [7, 11) is 2.36. The van der Waals surface area contributed by atoms with Crippen LogP contribution in [0, 0.1) is 0 Å². The quantitative estimate of drug-likeness (QED) is 0.719. The molecule has 1 N–H and O–H groups in total. The van der Waals surface area contributed by atoms with Gasteiger partial charge in [0.25, 0.3) is 0 Å². The average molecular weight is 225 g/mol. The van der Waals surface area contributed by atoms with E-state index in [4.69, 9.17) is 0 Å². The Morgan fingerprint density at radius 3 is 2.06 bits per heavy atom. The van der Waals surface area contributed by atoms with Crippen LogP contribution in [0.2, 0.25) is 0 Å². The first-order chi connectivity index (χ1) is 7.83. The Labute approximate surface area is 101 Å². The van der Waals surface area contributed by atoms with Crippen LogP contribution in [0.3, 0.4) is 0 Å². The zero-order chi connectivity index (χ0) is 11.4. The SMILES string of the molecule is CC[NH+](C1CCCCC1)N(C)C1CCCC1. The molecule has 0 heterocycles. The van der Waals surface area contributed by atoms with Crippen LogP contribution in [0.4, 0.5) is 0 Å². The maximum atomic E-state index is 2.67. The number of hydrogen-bond acceptors (Lipinski definition) is 1. The molecular weight excluding hydrogens is 196 g/mol. The molecule has 1 atom stereocenters. The van der Waals surface area contributed by atoms with Gasteiger partial charge in [-0.3, -0.25) is 5.01 Å². The molecule has 2 aliphatic carbocycles. The molecule has 2 nitrogen and oxygen atoms in total. The lowest BCUT2D eigenvalue weighted by Gasteiger charge is -2.38. The van der Waals surface area contributed by atoms with Crippen LogP contribution in [-0.2, 0) is 0 Å². The fraction of sp³-hybridized carbons (Fsp3) is 1.00. The second-order valence-corrected chi connectivity index (χ2v) is 5.73. The molecule has 0 spiro atoms. The fourth-order valence-electron chi connectivity index (χ4n) is 3.79. The molecule has 2 rings (SSSR count). The van der Waals surface area contributed by atoms with Crippen molar-refractivity contribution in [2.45, 2.75) is 76.8 Å². The predicted molar refractivity (Wildman–Crippen MR) is 68.4 cm³/mol. The molecule has 0 bridgehead atoms. The summed E-state index contributed by atoms with van der Waals surface area (Å²) in [5.41, 5.74) is 0. The van der Waals surface area contributed by atoms with E-state index in [1.54, 1.807) is 5.01 Å². The zero-order valence-electron chi connectivity index (χ0n) is 11.2. The van der Waals surface area contributed by atoms with Crippen LogP contribution in [0.15, 0.2) is 0 Å². The largest absolute Gasteiger partial charge is 0.253 e. The normalized spacial score (nSPS) is 26.4. The summed E-state index contributed by atoms with van der Waals surface area (Å²) in [5, 5.41) is 4.44. The molecule has 16 heavy (non-hydrogen) atoms. The summed E-state index contributed by atoms with van der Waals surface area (Å²) in [5.74, 6) is 0. The third-order valence-electron chi connectivity index (χ3n) is 4.76. The highest BCUT2D eigenvalue weighted by molar-refractivity contribution is 4.72. The molecule has 0 saturated heterocycles. The van der Waals surface area contributed by atoms with E-state index in [9.17, 15) is 0 Å². The molecular formula is C14H29N2+. The Bertz CT molecular complexity index is 193. The van der Waals surface area contributed by atoms with Crippen LogP contribution in [0.1, 0.15) is 64.7 Å². The van der Waals surface area contributed by atoms with Gasteiger partial charge in [-0.05, 0) is 32.6 Å². The van der Waals surface area contributed by atoms with E-state index < -0.39 is 0 Å². The van der Waals surface area contributed by atoms with E-state index in [0.717, 1.165) is 12.1 Å². The van der Waals surface area contributed by atoms with Crippen molar-refractivity contribution in [3.05, 3.63) is 0 Å². The van der Waals surface area contributed by atoms with Crippen molar-refractivity contribution in [2.75, 3.05) is 13.6 Å². The molecule has 2 heteroatoms. The number of hydrogen-bond donors (Lipinski definition) is 1. The van der Waals surface area contributed by atoms with Crippen molar-refractivity contribution in [3.63, 3.8) is 0 Å². The number of nitrogens with one attached hydrogen (secondary N) is 1. The molecule has 94 valence electrons. The van der Waals surface area contributed by atoms with Gasteiger partial charge in [-0.1, -0.05) is 19.3 Å². The van der Waals surface area contributed by atoms with Crippen molar-refractivity contribution in [3.8, 4) is 0 Å². The molecule has 0 aromatic heterocycles. The Morgan fingerprint density at radius 1 is 0.938 bits per heavy atom. The van der Waals surface area contributed by atoms with Gasteiger partial charge in [0, 0.05) is 19.9 Å². The molecule has 0 radical (unpaired) electrons. The molecule has 1 unspecified atom stereocenters. The van der Waals surface area contributed by atoms with Crippen LogP contribution in [0.25, 0.3) is 0 Å². The summed E-state index contributed by atoms with van der Waals surface area (Å²) in [6.45, 7) is 3.63. The Balaban J connectivity index is 1.91. The molecule has 0 aromatic carbocycles. The number of rotatable bonds is 4. The van der Waals surface area contributed by atoms with Gasteiger partial charge >= 0.3 is 0 Å². The monoisotopic (exact) mass is 225 g/mol. The molecule has 0 aliphatic heterocycles. The van der Waals surface area contributed by atoms with Gasteiger partial charge < -0.3 is 0 Å².